The van der Waals surface area contributed by atoms with E-state index in [0.717, 1.165) is 5.69 Å². The lowest BCUT2D eigenvalue weighted by Crippen LogP contribution is -2.51. The molecule has 40 heavy (non-hydrogen) atoms. The molecule has 2 aliphatic rings. The Kier molecular flexibility index (Phi) is 11.6. The first-order valence-electron chi connectivity index (χ1n) is 12.6. The first-order chi connectivity index (χ1) is 18.6. The van der Waals surface area contributed by atoms with Gasteiger partial charge < -0.3 is 35.1 Å². The summed E-state index contributed by atoms with van der Waals surface area (Å²) < 4.78 is 16.4. The minimum absolute atomic E-state index is 0. The fourth-order valence-electron chi connectivity index (χ4n) is 3.91. The summed E-state index contributed by atoms with van der Waals surface area (Å²) in [5.41, 5.74) is 6.50. The number of benzene rings is 2. The van der Waals surface area contributed by atoms with Crippen molar-refractivity contribution in [2.45, 2.75) is 38.5 Å². The van der Waals surface area contributed by atoms with Crippen LogP contribution in [0.5, 0.6) is 11.5 Å². The number of hydrogen-bond donors (Lipinski definition) is 2. The lowest BCUT2D eigenvalue weighted by atomic mass is 10.2. The highest BCUT2D eigenvalue weighted by molar-refractivity contribution is 6.01. The fraction of sp³-hybridized carbons (Fsp3) is 0.345. The van der Waals surface area contributed by atoms with Crippen molar-refractivity contribution in [1.29, 1.82) is 0 Å². The second kappa shape index (κ2) is 14.4. The number of amides is 3. The molecule has 0 aromatic heterocycles. The van der Waals surface area contributed by atoms with Crippen molar-refractivity contribution in [2.24, 2.45) is 5.73 Å². The van der Waals surface area contributed by atoms with E-state index < -0.39 is 23.8 Å². The SMILES string of the molecule is C=CCN1C(=O)[C@@H](N)COc2ccccc21.C=CCN1C(=O)[C@@H](NC(=O)OC(C)(C)C)COc2ccccc21.Cl. The lowest BCUT2D eigenvalue weighted by Gasteiger charge is -2.25. The van der Waals surface area contributed by atoms with Gasteiger partial charge in [-0.3, -0.25) is 9.59 Å². The van der Waals surface area contributed by atoms with E-state index in [0.29, 0.717) is 30.3 Å². The van der Waals surface area contributed by atoms with Gasteiger partial charge in [-0.15, -0.1) is 25.6 Å². The maximum absolute atomic E-state index is 12.7. The third kappa shape index (κ3) is 8.24. The minimum Gasteiger partial charge on any atom is -0.489 e. The number of hydrogen-bond acceptors (Lipinski definition) is 7. The summed E-state index contributed by atoms with van der Waals surface area (Å²) in [5.74, 6) is 0.882. The monoisotopic (exact) mass is 572 g/mol. The zero-order valence-corrected chi connectivity index (χ0v) is 23.8. The van der Waals surface area contributed by atoms with Crippen LogP contribution in [0.25, 0.3) is 0 Å². The number of anilines is 2. The van der Waals surface area contributed by atoms with Gasteiger partial charge in [0.05, 0.1) is 11.4 Å². The largest absolute Gasteiger partial charge is 0.489 e. The Hall–Kier alpha value is -4.02. The number of carbonyl (C=O) groups excluding carboxylic acids is 3. The number of rotatable bonds is 5. The van der Waals surface area contributed by atoms with Gasteiger partial charge in [0.1, 0.15) is 42.4 Å². The topological polar surface area (TPSA) is 123 Å². The number of alkyl carbamates (subject to hydrolysis) is 1. The van der Waals surface area contributed by atoms with E-state index in [1.54, 1.807) is 50.0 Å². The van der Waals surface area contributed by atoms with Crippen LogP contribution in [-0.4, -0.2) is 61.9 Å². The van der Waals surface area contributed by atoms with E-state index in [2.05, 4.69) is 18.5 Å². The predicted octanol–water partition coefficient (Wildman–Crippen LogP) is 3.84. The molecule has 0 unspecified atom stereocenters. The molecule has 0 radical (unpaired) electrons. The van der Waals surface area contributed by atoms with E-state index in [1.807, 2.05) is 36.4 Å². The van der Waals surface area contributed by atoms with Crippen LogP contribution in [0.3, 0.4) is 0 Å². The van der Waals surface area contributed by atoms with Crippen LogP contribution in [0, 0.1) is 0 Å². The summed E-state index contributed by atoms with van der Waals surface area (Å²) in [5, 5.41) is 2.58. The molecule has 4 rings (SSSR count). The smallest absolute Gasteiger partial charge is 0.408 e. The zero-order chi connectivity index (χ0) is 28.6. The van der Waals surface area contributed by atoms with Gasteiger partial charge in [0, 0.05) is 13.1 Å². The Morgan fingerprint density at radius 2 is 1.43 bits per heavy atom. The quantitative estimate of drug-likeness (QED) is 0.522. The van der Waals surface area contributed by atoms with Crippen molar-refractivity contribution in [3.63, 3.8) is 0 Å². The van der Waals surface area contributed by atoms with Crippen LogP contribution in [0.15, 0.2) is 73.8 Å². The molecule has 2 aliphatic heterocycles. The number of ether oxygens (including phenoxy) is 3. The van der Waals surface area contributed by atoms with Gasteiger partial charge >= 0.3 is 6.09 Å². The average molecular weight is 573 g/mol. The van der Waals surface area contributed by atoms with Crippen molar-refractivity contribution in [1.82, 2.24) is 5.32 Å². The van der Waals surface area contributed by atoms with E-state index in [9.17, 15) is 14.4 Å². The van der Waals surface area contributed by atoms with Crippen molar-refractivity contribution >= 4 is 41.7 Å². The van der Waals surface area contributed by atoms with Crippen molar-refractivity contribution in [3.8, 4) is 11.5 Å². The van der Waals surface area contributed by atoms with Gasteiger partial charge in [0.15, 0.2) is 0 Å². The molecular formula is C29H37ClN4O6. The zero-order valence-electron chi connectivity index (χ0n) is 23.0. The molecule has 2 aromatic carbocycles. The Bertz CT molecular complexity index is 1220. The summed E-state index contributed by atoms with van der Waals surface area (Å²) in [7, 11) is 0. The van der Waals surface area contributed by atoms with Crippen molar-refractivity contribution in [3.05, 3.63) is 73.8 Å². The molecule has 2 atom stereocenters. The number of para-hydroxylation sites is 4. The Morgan fingerprint density at radius 1 is 0.950 bits per heavy atom. The molecule has 10 nitrogen and oxygen atoms in total. The third-order valence-corrected chi connectivity index (χ3v) is 5.60. The van der Waals surface area contributed by atoms with Crippen LogP contribution in [-0.2, 0) is 14.3 Å². The van der Waals surface area contributed by atoms with Crippen molar-refractivity contribution < 1.29 is 28.6 Å². The van der Waals surface area contributed by atoms with Gasteiger partial charge in [0.2, 0.25) is 5.91 Å². The average Bonchev–Trinajstić information content (AvgIpc) is 3.09. The number of carbonyl (C=O) groups is 3. The highest BCUT2D eigenvalue weighted by Crippen LogP contribution is 2.31. The Labute approximate surface area is 241 Å². The van der Waals surface area contributed by atoms with Crippen LogP contribution < -0.4 is 30.3 Å². The molecule has 216 valence electrons. The van der Waals surface area contributed by atoms with Crippen molar-refractivity contribution in [2.75, 3.05) is 36.1 Å². The molecule has 0 aliphatic carbocycles. The number of nitrogens with zero attached hydrogens (tertiary/aromatic N) is 2. The number of nitrogens with two attached hydrogens (primary N) is 1. The highest BCUT2D eigenvalue weighted by Gasteiger charge is 2.33. The van der Waals surface area contributed by atoms with Gasteiger partial charge in [0.25, 0.3) is 5.91 Å². The summed E-state index contributed by atoms with van der Waals surface area (Å²) in [4.78, 5) is 39.8. The molecule has 2 aromatic rings. The van der Waals surface area contributed by atoms with Crippen LogP contribution >= 0.6 is 12.4 Å². The number of fused-ring (bicyclic) bond motifs is 2. The molecule has 2 heterocycles. The maximum atomic E-state index is 12.7. The van der Waals surface area contributed by atoms with E-state index >= 15 is 0 Å². The second-order valence-electron chi connectivity index (χ2n) is 9.84. The fourth-order valence-corrected chi connectivity index (χ4v) is 3.91. The Morgan fingerprint density at radius 3 is 1.93 bits per heavy atom. The number of halogens is 1. The molecule has 3 N–H and O–H groups in total. The van der Waals surface area contributed by atoms with Gasteiger partial charge in [-0.2, -0.15) is 0 Å². The first kappa shape index (κ1) is 32.2. The lowest BCUT2D eigenvalue weighted by molar-refractivity contribution is -0.121. The molecule has 0 saturated carbocycles. The summed E-state index contributed by atoms with van der Waals surface area (Å²) in [6.45, 7) is 13.6. The van der Waals surface area contributed by atoms with E-state index in [-0.39, 0.29) is 37.4 Å². The third-order valence-electron chi connectivity index (χ3n) is 5.60. The predicted molar refractivity (Wildman–Crippen MR) is 157 cm³/mol. The number of nitrogens with one attached hydrogen (secondary N) is 1. The molecule has 0 saturated heterocycles. The van der Waals surface area contributed by atoms with Gasteiger partial charge in [-0.25, -0.2) is 4.79 Å². The summed E-state index contributed by atoms with van der Waals surface area (Å²) >= 11 is 0. The minimum atomic E-state index is -0.822. The molecule has 0 spiro atoms. The van der Waals surface area contributed by atoms with Crippen LogP contribution in [0.1, 0.15) is 20.8 Å². The van der Waals surface area contributed by atoms with E-state index in [4.69, 9.17) is 19.9 Å². The van der Waals surface area contributed by atoms with E-state index in [1.165, 1.54) is 4.90 Å². The van der Waals surface area contributed by atoms with Gasteiger partial charge in [-0.1, -0.05) is 36.4 Å². The van der Waals surface area contributed by atoms with Crippen LogP contribution in [0.4, 0.5) is 16.2 Å². The molecule has 0 fully saturated rings. The van der Waals surface area contributed by atoms with Gasteiger partial charge in [-0.05, 0) is 45.0 Å². The first-order valence-corrected chi connectivity index (χ1v) is 12.6. The maximum Gasteiger partial charge on any atom is 0.408 e. The normalized spacial score (nSPS) is 18.0. The summed E-state index contributed by atoms with van der Waals surface area (Å²) in [6.07, 6.45) is 2.65. The second-order valence-corrected chi connectivity index (χ2v) is 9.84. The Balaban J connectivity index is 0.000000290. The molecular weight excluding hydrogens is 536 g/mol. The highest BCUT2D eigenvalue weighted by atomic mass is 35.5. The molecule has 11 heteroatoms. The summed E-state index contributed by atoms with van der Waals surface area (Å²) in [6, 6.07) is 13.2. The molecule has 3 amide bonds. The standard InChI is InChI=1S/C17H22N2O4.C12H14N2O2.ClH/c1-5-10-19-13-8-6-7-9-14(13)22-11-12(15(19)20)18-16(21)23-17(2,3)4;1-2-7-14-10-5-3-4-6-11(10)16-8-9(13)12(14)15;/h5-9,12H,1,10-11H2,2-4H3,(H,18,21);2-6,9H,1,7-8,13H2;1H/t12-;9-;/m00./s1. The molecule has 0 bridgehead atoms. The van der Waals surface area contributed by atoms with Crippen LogP contribution in [0.2, 0.25) is 0 Å².